The molecule has 1 atom stereocenters. The Kier molecular flexibility index (Phi) is 13.7. The maximum absolute atomic E-state index is 16.0. The summed E-state index contributed by atoms with van der Waals surface area (Å²) in [5.74, 6) is -0.732. The van der Waals surface area contributed by atoms with Crippen LogP contribution in [-0.2, 0) is 25.7 Å². The van der Waals surface area contributed by atoms with Gasteiger partial charge < -0.3 is 39.4 Å². The van der Waals surface area contributed by atoms with Crippen molar-refractivity contribution in [2.75, 3.05) is 50.1 Å². The number of pyridine rings is 1. The van der Waals surface area contributed by atoms with Crippen molar-refractivity contribution in [3.63, 3.8) is 0 Å². The van der Waals surface area contributed by atoms with E-state index >= 15 is 4.39 Å². The number of carbonyl (C=O) groups excluding carboxylic acids is 4. The van der Waals surface area contributed by atoms with Crippen molar-refractivity contribution in [1.29, 1.82) is 0 Å². The summed E-state index contributed by atoms with van der Waals surface area (Å²) in [6.07, 6.45) is 7.63. The number of anilines is 3. The molecule has 0 bridgehead atoms. The molecule has 3 saturated heterocycles. The molecule has 4 aliphatic heterocycles. The van der Waals surface area contributed by atoms with E-state index in [2.05, 4.69) is 30.7 Å². The number of halogens is 3. The number of likely N-dealkylation sites (tertiary alicyclic amines) is 1. The van der Waals surface area contributed by atoms with Gasteiger partial charge >= 0.3 is 0 Å². The van der Waals surface area contributed by atoms with Crippen LogP contribution in [0.4, 0.5) is 21.8 Å². The lowest BCUT2D eigenvalue weighted by molar-refractivity contribution is -0.137. The highest BCUT2D eigenvalue weighted by Gasteiger charge is 2.42. The first-order chi connectivity index (χ1) is 30.8. The van der Waals surface area contributed by atoms with E-state index in [-0.39, 0.29) is 97.4 Å². The van der Waals surface area contributed by atoms with E-state index in [1.165, 1.54) is 11.9 Å². The van der Waals surface area contributed by atoms with E-state index < -0.39 is 11.9 Å². The van der Waals surface area contributed by atoms with E-state index in [4.69, 9.17) is 26.1 Å². The van der Waals surface area contributed by atoms with Crippen LogP contribution in [0.25, 0.3) is 10.9 Å². The van der Waals surface area contributed by atoms with Crippen LogP contribution in [0.15, 0.2) is 47.4 Å². The molecule has 9 rings (SSSR count). The number of amides is 4. The first kappa shape index (κ1) is 46.2. The van der Waals surface area contributed by atoms with Crippen molar-refractivity contribution < 1.29 is 33.0 Å². The first-order valence-corrected chi connectivity index (χ1v) is 22.7. The third-order valence-corrected chi connectivity index (χ3v) is 13.8. The van der Waals surface area contributed by atoms with Crippen molar-refractivity contribution in [2.24, 2.45) is 0 Å². The topological polar surface area (TPSA) is 180 Å². The quantitative estimate of drug-likeness (QED) is 0.150. The second-order valence-corrected chi connectivity index (χ2v) is 18.2. The predicted molar refractivity (Wildman–Crippen MR) is 245 cm³/mol. The van der Waals surface area contributed by atoms with Gasteiger partial charge in [-0.3, -0.25) is 29.3 Å². The van der Waals surface area contributed by atoms with E-state index in [0.29, 0.717) is 45.2 Å². The van der Waals surface area contributed by atoms with E-state index in [1.807, 2.05) is 32.0 Å². The Morgan fingerprint density at radius 1 is 0.985 bits per heavy atom. The van der Waals surface area contributed by atoms with Crippen LogP contribution < -0.4 is 31.1 Å². The van der Waals surface area contributed by atoms with Gasteiger partial charge in [-0.15, -0.1) is 12.4 Å². The molecule has 16 nitrogen and oxygen atoms in total. The van der Waals surface area contributed by atoms with Crippen molar-refractivity contribution in [1.82, 2.24) is 35.0 Å². The molecule has 1 unspecified atom stereocenters. The summed E-state index contributed by atoms with van der Waals surface area (Å²) in [6, 6.07) is 10.2. The number of piperidine rings is 3. The van der Waals surface area contributed by atoms with E-state index in [0.717, 1.165) is 75.6 Å². The molecule has 6 heterocycles. The molecule has 0 radical (unpaired) electrons. The number of benzene rings is 2. The smallest absolute Gasteiger partial charge is 0.293 e. The van der Waals surface area contributed by atoms with Crippen molar-refractivity contribution in [3.05, 3.63) is 80.5 Å². The summed E-state index contributed by atoms with van der Waals surface area (Å²) < 4.78 is 29.8. The maximum Gasteiger partial charge on any atom is 0.293 e. The summed E-state index contributed by atoms with van der Waals surface area (Å²) in [7, 11) is 1.51. The molecule has 4 amide bonds. The number of likely N-dealkylation sites (N-methyl/N-ethyl adjacent to an activating group) is 1. The Bertz CT molecular complexity index is 2560. The Morgan fingerprint density at radius 3 is 2.45 bits per heavy atom. The van der Waals surface area contributed by atoms with Gasteiger partial charge in [0.1, 0.15) is 16.9 Å². The highest BCUT2D eigenvalue weighted by molar-refractivity contribution is 6.33. The number of hydrogen-bond acceptors (Lipinski definition) is 12. The van der Waals surface area contributed by atoms with Gasteiger partial charge in [-0.2, -0.15) is 4.98 Å². The van der Waals surface area contributed by atoms with Crippen LogP contribution >= 0.6 is 24.0 Å². The Labute approximate surface area is 387 Å². The monoisotopic (exact) mass is 933 g/mol. The summed E-state index contributed by atoms with van der Waals surface area (Å²) in [6.45, 7) is 6.81. The van der Waals surface area contributed by atoms with Crippen molar-refractivity contribution >= 4 is 76.0 Å². The third-order valence-electron chi connectivity index (χ3n) is 13.5. The minimum Gasteiger partial charge on any atom is -0.478 e. The molecule has 19 heteroatoms. The summed E-state index contributed by atoms with van der Waals surface area (Å²) in [4.78, 5) is 77.7. The van der Waals surface area contributed by atoms with Crippen LogP contribution in [0.5, 0.6) is 5.75 Å². The fraction of sp³-hybridized carbons (Fsp3) is 0.500. The number of fused-ring (bicyclic) bond motifs is 2. The predicted octanol–water partition coefficient (Wildman–Crippen LogP) is 5.61. The van der Waals surface area contributed by atoms with Gasteiger partial charge in [0, 0.05) is 60.8 Å². The minimum absolute atomic E-state index is 0. The average Bonchev–Trinajstić information content (AvgIpc) is 3.61. The van der Waals surface area contributed by atoms with E-state index in [9.17, 15) is 24.0 Å². The molecule has 1 saturated carbocycles. The molecule has 2 aromatic carbocycles. The van der Waals surface area contributed by atoms with Gasteiger partial charge in [-0.1, -0.05) is 17.7 Å². The average molecular weight is 935 g/mol. The first-order valence-electron chi connectivity index (χ1n) is 22.3. The lowest BCUT2D eigenvalue weighted by Crippen LogP contribution is -2.52. The van der Waals surface area contributed by atoms with Crippen LogP contribution in [0.3, 0.4) is 0 Å². The summed E-state index contributed by atoms with van der Waals surface area (Å²) >= 11 is 6.59. The minimum atomic E-state index is -0.769. The molecular formula is C46H54Cl2FN9O7. The van der Waals surface area contributed by atoms with E-state index in [1.54, 1.807) is 29.0 Å². The van der Waals surface area contributed by atoms with Crippen LogP contribution in [0.1, 0.15) is 98.7 Å². The number of nitrogens with one attached hydrogen (secondary N) is 3. The van der Waals surface area contributed by atoms with Gasteiger partial charge in [0.25, 0.3) is 17.4 Å². The number of imide groups is 1. The largest absolute Gasteiger partial charge is 0.478 e. The zero-order valence-electron chi connectivity index (χ0n) is 36.6. The Balaban J connectivity index is 0.00000576. The molecule has 5 aliphatic rings. The zero-order valence-corrected chi connectivity index (χ0v) is 38.2. The highest BCUT2D eigenvalue weighted by Crippen LogP contribution is 2.39. The molecule has 2 aromatic heterocycles. The molecule has 4 aromatic rings. The van der Waals surface area contributed by atoms with Crippen LogP contribution in [0, 0.1) is 5.82 Å². The molecule has 65 heavy (non-hydrogen) atoms. The number of carbonyl (C=O) groups is 4. The van der Waals surface area contributed by atoms with Gasteiger partial charge in [0.2, 0.25) is 17.8 Å². The van der Waals surface area contributed by atoms with Gasteiger partial charge in [-0.25, -0.2) is 9.37 Å². The van der Waals surface area contributed by atoms with Crippen LogP contribution in [-0.4, -0.2) is 112 Å². The number of aromatic nitrogens is 3. The molecule has 0 spiro atoms. The lowest BCUT2D eigenvalue weighted by Gasteiger charge is -2.47. The zero-order chi connectivity index (χ0) is 44.8. The third kappa shape index (κ3) is 9.38. The maximum atomic E-state index is 16.0. The number of nitrogens with zero attached hydrogens (tertiary/aromatic N) is 6. The second kappa shape index (κ2) is 19.2. The van der Waals surface area contributed by atoms with Crippen LogP contribution in [0.2, 0.25) is 5.02 Å². The fourth-order valence-electron chi connectivity index (χ4n) is 9.89. The summed E-state index contributed by atoms with van der Waals surface area (Å²) in [5, 5.41) is 9.23. The van der Waals surface area contributed by atoms with Crippen molar-refractivity contribution in [2.45, 2.75) is 108 Å². The molecule has 346 valence electrons. The molecular weight excluding hydrogens is 880 g/mol. The molecule has 1 aliphatic carbocycles. The number of ether oxygens (including phenoxy) is 2. The van der Waals surface area contributed by atoms with Gasteiger partial charge in [0.15, 0.2) is 18.2 Å². The van der Waals surface area contributed by atoms with Gasteiger partial charge in [0.05, 0.1) is 30.5 Å². The highest BCUT2D eigenvalue weighted by atomic mass is 35.5. The Morgan fingerprint density at radius 2 is 1.74 bits per heavy atom. The summed E-state index contributed by atoms with van der Waals surface area (Å²) in [5.41, 5.74) is 2.41. The normalized spacial score (nSPS) is 21.8. The Hall–Kier alpha value is -5.36. The molecule has 3 N–H and O–H groups in total. The van der Waals surface area contributed by atoms with Gasteiger partial charge in [-0.05, 0) is 114 Å². The second-order valence-electron chi connectivity index (χ2n) is 17.8. The number of hydrogen-bond donors (Lipinski definition) is 3. The fourth-order valence-corrected chi connectivity index (χ4v) is 10.0. The standard InChI is InChI=1S/C46H53ClFN9O7.ClH/c1-25(2)57-36-7-4-28(18-27(36)19-38(45(57)62)63-24-40(59)49-3)51-42-35(47)22-50-46(53-42)55-16-12-30(13-17-55)64-31-20-29(21-31)54-14-10-26(11-15-54)32-5-6-33-34(41(32)48)23-56(44(33)61)37-8-9-39(58)52-43(37)60;/h4-7,18-19,22,25-26,29-31,37H,8-17,20-21,23-24H2,1-3H3,(H,49,59)(H,50,51,53)(H,52,58,60);1H. The van der Waals surface area contributed by atoms with Crippen molar-refractivity contribution in [3.8, 4) is 5.75 Å². The SMILES string of the molecule is CNC(=O)COc1cc2cc(Nc3nc(N4CCC(OC5CC(N6CCC(c7ccc8c(c7F)CN(C7CCC(=O)NC7=O)C8=O)CC6)C5)CC4)ncc3Cl)ccc2n(C(C)C)c1=O.Cl. The number of rotatable bonds is 12. The molecule has 4 fully saturated rings. The lowest BCUT2D eigenvalue weighted by atomic mass is 9.83.